The Hall–Kier alpha value is -3.01. The van der Waals surface area contributed by atoms with Gasteiger partial charge in [0.15, 0.2) is 0 Å². The number of benzene rings is 2. The molecule has 122 valence electrons. The van der Waals surface area contributed by atoms with Gasteiger partial charge in [-0.15, -0.1) is 5.10 Å². The van der Waals surface area contributed by atoms with E-state index >= 15 is 0 Å². The molecule has 4 aromatic rings. The van der Waals surface area contributed by atoms with E-state index in [0.717, 1.165) is 29.8 Å². The van der Waals surface area contributed by atoms with Gasteiger partial charge in [-0.3, -0.25) is 4.40 Å². The second-order valence-corrected chi connectivity index (χ2v) is 6.54. The Kier molecular flexibility index (Phi) is 3.33. The molecular formula is C21H18N4. The maximum Gasteiger partial charge on any atom is 0.254 e. The minimum Gasteiger partial charge on any atom is -0.284 e. The van der Waals surface area contributed by atoms with Crippen LogP contribution in [-0.4, -0.2) is 19.6 Å². The molecule has 0 unspecified atom stereocenters. The van der Waals surface area contributed by atoms with Crippen molar-refractivity contribution in [3.8, 4) is 22.4 Å². The smallest absolute Gasteiger partial charge is 0.254 e. The Bertz CT molecular complexity index is 1030. The number of hydrogen-bond acceptors (Lipinski definition) is 3. The number of hydrogen-bond donors (Lipinski definition) is 0. The highest BCUT2D eigenvalue weighted by Gasteiger charge is 2.16. The summed E-state index contributed by atoms with van der Waals surface area (Å²) in [6, 6.07) is 19.0. The minimum atomic E-state index is 0.697. The summed E-state index contributed by atoms with van der Waals surface area (Å²) < 4.78 is 2.13. The first-order valence-electron chi connectivity index (χ1n) is 8.78. The lowest BCUT2D eigenvalue weighted by Crippen LogP contribution is -2.12. The predicted molar refractivity (Wildman–Crippen MR) is 98.3 cm³/mol. The Morgan fingerprint density at radius 1 is 0.720 bits per heavy atom. The standard InChI is InChI=1S/C21H18N4/c1-2-6-15(7-3-1)16-10-12-17(13-11-16)19-14-25-20-9-5-4-8-18(20)23-24-21(25)22-19/h1-3,6-7,10-14H,4-5,8-9H2. The summed E-state index contributed by atoms with van der Waals surface area (Å²) in [5.74, 6) is 0.697. The molecule has 1 aliphatic rings. The van der Waals surface area contributed by atoms with Crippen LogP contribution in [0.1, 0.15) is 24.2 Å². The van der Waals surface area contributed by atoms with Crippen LogP contribution in [0.5, 0.6) is 0 Å². The van der Waals surface area contributed by atoms with Gasteiger partial charge in [-0.2, -0.15) is 5.10 Å². The molecule has 1 aliphatic carbocycles. The number of aryl methyl sites for hydroxylation is 2. The van der Waals surface area contributed by atoms with Crippen LogP contribution in [-0.2, 0) is 12.8 Å². The van der Waals surface area contributed by atoms with Gasteiger partial charge in [0.25, 0.3) is 5.78 Å². The molecule has 0 amide bonds. The molecule has 2 aromatic heterocycles. The fourth-order valence-electron chi connectivity index (χ4n) is 3.59. The number of fused-ring (bicyclic) bond motifs is 3. The summed E-state index contributed by atoms with van der Waals surface area (Å²) in [5, 5.41) is 8.68. The van der Waals surface area contributed by atoms with Crippen molar-refractivity contribution in [3.05, 3.63) is 72.2 Å². The van der Waals surface area contributed by atoms with Crippen LogP contribution in [0.25, 0.3) is 28.2 Å². The number of imidazole rings is 1. The van der Waals surface area contributed by atoms with Crippen LogP contribution < -0.4 is 0 Å². The molecule has 0 atom stereocenters. The highest BCUT2D eigenvalue weighted by molar-refractivity contribution is 5.69. The third kappa shape index (κ3) is 2.50. The summed E-state index contributed by atoms with van der Waals surface area (Å²) in [7, 11) is 0. The Morgan fingerprint density at radius 3 is 2.28 bits per heavy atom. The minimum absolute atomic E-state index is 0.697. The van der Waals surface area contributed by atoms with Gasteiger partial charge in [-0.1, -0.05) is 54.6 Å². The SMILES string of the molecule is c1ccc(-c2ccc(-c3cn4c5c(nnc4n3)CCCC5)cc2)cc1. The Balaban J connectivity index is 1.55. The van der Waals surface area contributed by atoms with E-state index in [2.05, 4.69) is 74.3 Å². The van der Waals surface area contributed by atoms with E-state index in [0.29, 0.717) is 5.78 Å². The summed E-state index contributed by atoms with van der Waals surface area (Å²) >= 11 is 0. The van der Waals surface area contributed by atoms with Gasteiger partial charge in [0.2, 0.25) is 0 Å². The van der Waals surface area contributed by atoms with Crippen molar-refractivity contribution in [1.29, 1.82) is 0 Å². The van der Waals surface area contributed by atoms with Gasteiger partial charge in [-0.25, -0.2) is 4.98 Å². The van der Waals surface area contributed by atoms with Gasteiger partial charge < -0.3 is 0 Å². The monoisotopic (exact) mass is 326 g/mol. The fourth-order valence-corrected chi connectivity index (χ4v) is 3.59. The first-order valence-corrected chi connectivity index (χ1v) is 8.78. The normalized spacial score (nSPS) is 13.8. The van der Waals surface area contributed by atoms with E-state index in [-0.39, 0.29) is 0 Å². The van der Waals surface area contributed by atoms with Crippen molar-refractivity contribution in [2.45, 2.75) is 25.7 Å². The van der Waals surface area contributed by atoms with Crippen molar-refractivity contribution in [1.82, 2.24) is 19.6 Å². The maximum atomic E-state index is 4.68. The molecule has 2 heterocycles. The topological polar surface area (TPSA) is 43.1 Å². The molecule has 0 saturated carbocycles. The van der Waals surface area contributed by atoms with Gasteiger partial charge in [-0.05, 0) is 36.8 Å². The largest absolute Gasteiger partial charge is 0.284 e. The first-order chi connectivity index (χ1) is 12.4. The van der Waals surface area contributed by atoms with E-state index in [1.54, 1.807) is 0 Å². The molecule has 0 bridgehead atoms. The van der Waals surface area contributed by atoms with Crippen molar-refractivity contribution >= 4 is 5.78 Å². The summed E-state index contributed by atoms with van der Waals surface area (Å²) in [6.07, 6.45) is 6.61. The van der Waals surface area contributed by atoms with Crippen molar-refractivity contribution in [2.75, 3.05) is 0 Å². The number of nitrogens with zero attached hydrogens (tertiary/aromatic N) is 4. The van der Waals surface area contributed by atoms with E-state index < -0.39 is 0 Å². The van der Waals surface area contributed by atoms with Gasteiger partial charge >= 0.3 is 0 Å². The molecule has 25 heavy (non-hydrogen) atoms. The highest BCUT2D eigenvalue weighted by atomic mass is 15.2. The average molecular weight is 326 g/mol. The second kappa shape index (κ2) is 5.81. The third-order valence-corrected chi connectivity index (χ3v) is 4.94. The molecule has 0 radical (unpaired) electrons. The van der Waals surface area contributed by atoms with Crippen molar-refractivity contribution in [2.24, 2.45) is 0 Å². The Labute approximate surface area is 146 Å². The van der Waals surface area contributed by atoms with Crippen LogP contribution in [0.2, 0.25) is 0 Å². The van der Waals surface area contributed by atoms with Crippen LogP contribution >= 0.6 is 0 Å². The van der Waals surface area contributed by atoms with E-state index in [1.165, 1.54) is 29.7 Å². The third-order valence-electron chi connectivity index (χ3n) is 4.94. The molecule has 0 N–H and O–H groups in total. The molecule has 0 fully saturated rings. The zero-order chi connectivity index (χ0) is 16.6. The lowest BCUT2D eigenvalue weighted by molar-refractivity contribution is 0.627. The summed E-state index contributed by atoms with van der Waals surface area (Å²) in [5.41, 5.74) is 6.90. The maximum absolute atomic E-state index is 4.68. The number of aromatic nitrogens is 4. The van der Waals surface area contributed by atoms with E-state index in [1.807, 2.05) is 6.07 Å². The van der Waals surface area contributed by atoms with Gasteiger partial charge in [0, 0.05) is 17.5 Å². The van der Waals surface area contributed by atoms with Crippen LogP contribution in [0.4, 0.5) is 0 Å². The zero-order valence-electron chi connectivity index (χ0n) is 13.9. The molecule has 0 saturated heterocycles. The number of rotatable bonds is 2. The zero-order valence-corrected chi connectivity index (χ0v) is 13.9. The molecule has 0 aliphatic heterocycles. The average Bonchev–Trinajstić information content (AvgIpc) is 3.14. The lowest BCUT2D eigenvalue weighted by atomic mass is 10.0. The summed E-state index contributed by atoms with van der Waals surface area (Å²) in [6.45, 7) is 0. The quantitative estimate of drug-likeness (QED) is 0.550. The molecule has 5 rings (SSSR count). The van der Waals surface area contributed by atoms with Crippen LogP contribution in [0.3, 0.4) is 0 Å². The fraction of sp³-hybridized carbons (Fsp3) is 0.190. The van der Waals surface area contributed by atoms with E-state index in [9.17, 15) is 0 Å². The second-order valence-electron chi connectivity index (χ2n) is 6.54. The van der Waals surface area contributed by atoms with Gasteiger partial charge in [0.1, 0.15) is 0 Å². The van der Waals surface area contributed by atoms with E-state index in [4.69, 9.17) is 0 Å². The highest BCUT2D eigenvalue weighted by Crippen LogP contribution is 2.26. The molecule has 4 heteroatoms. The van der Waals surface area contributed by atoms with Crippen molar-refractivity contribution in [3.63, 3.8) is 0 Å². The molecule has 2 aromatic carbocycles. The summed E-state index contributed by atoms with van der Waals surface area (Å²) in [4.78, 5) is 4.68. The molecule has 4 nitrogen and oxygen atoms in total. The lowest BCUT2D eigenvalue weighted by Gasteiger charge is -2.14. The van der Waals surface area contributed by atoms with Crippen LogP contribution in [0.15, 0.2) is 60.8 Å². The molecule has 0 spiro atoms. The molecular weight excluding hydrogens is 308 g/mol. The van der Waals surface area contributed by atoms with Crippen LogP contribution in [0, 0.1) is 0 Å². The Morgan fingerprint density at radius 2 is 1.44 bits per heavy atom. The van der Waals surface area contributed by atoms with Crippen molar-refractivity contribution < 1.29 is 0 Å². The predicted octanol–water partition coefficient (Wildman–Crippen LogP) is 4.34. The first kappa shape index (κ1) is 14.3. The van der Waals surface area contributed by atoms with Gasteiger partial charge in [0.05, 0.1) is 11.4 Å².